The molecule has 3 heterocycles. The Kier molecular flexibility index (Phi) is 4.69. The Morgan fingerprint density at radius 3 is 2.75 bits per heavy atom. The van der Waals surface area contributed by atoms with Crippen molar-refractivity contribution in [2.75, 3.05) is 26.2 Å². The van der Waals surface area contributed by atoms with Gasteiger partial charge in [0.2, 0.25) is 0 Å². The number of aromatic nitrogens is 1. The van der Waals surface area contributed by atoms with Crippen LogP contribution >= 0.6 is 0 Å². The van der Waals surface area contributed by atoms with Gasteiger partial charge in [0.1, 0.15) is 0 Å². The van der Waals surface area contributed by atoms with Gasteiger partial charge in [0.15, 0.2) is 0 Å². The van der Waals surface area contributed by atoms with Gasteiger partial charge >= 0.3 is 0 Å². The predicted molar refractivity (Wildman–Crippen MR) is 82.6 cm³/mol. The second kappa shape index (κ2) is 6.68. The van der Waals surface area contributed by atoms with Crippen LogP contribution in [0.5, 0.6) is 0 Å². The van der Waals surface area contributed by atoms with Crippen LogP contribution < -0.4 is 5.32 Å². The molecule has 0 saturated carbocycles. The van der Waals surface area contributed by atoms with E-state index in [9.17, 15) is 0 Å². The summed E-state index contributed by atoms with van der Waals surface area (Å²) in [5, 5.41) is 3.57. The average molecular weight is 273 g/mol. The second-order valence-electron chi connectivity index (χ2n) is 6.49. The van der Waals surface area contributed by atoms with Gasteiger partial charge in [0.05, 0.1) is 5.69 Å². The van der Waals surface area contributed by atoms with E-state index in [2.05, 4.69) is 40.3 Å². The summed E-state index contributed by atoms with van der Waals surface area (Å²) >= 11 is 0. The molecule has 1 unspecified atom stereocenters. The van der Waals surface area contributed by atoms with E-state index in [1.807, 2.05) is 0 Å². The molecule has 0 amide bonds. The van der Waals surface area contributed by atoms with E-state index in [-0.39, 0.29) is 0 Å². The summed E-state index contributed by atoms with van der Waals surface area (Å²) in [6.07, 6.45) is 5.56. The highest BCUT2D eigenvalue weighted by Crippen LogP contribution is 2.29. The Morgan fingerprint density at radius 1 is 1.20 bits per heavy atom. The number of rotatable bonds is 3. The Labute approximate surface area is 122 Å². The van der Waals surface area contributed by atoms with Crippen LogP contribution in [0.3, 0.4) is 0 Å². The average Bonchev–Trinajstić information content (AvgIpc) is 2.49. The van der Waals surface area contributed by atoms with Gasteiger partial charge in [-0.2, -0.15) is 0 Å². The molecule has 2 aliphatic rings. The Morgan fingerprint density at radius 2 is 2.05 bits per heavy atom. The molecule has 3 heteroatoms. The minimum atomic E-state index is 0.933. The second-order valence-corrected chi connectivity index (χ2v) is 6.49. The molecule has 1 aromatic rings. The molecule has 0 aromatic carbocycles. The molecule has 1 N–H and O–H groups in total. The van der Waals surface area contributed by atoms with E-state index in [0.29, 0.717) is 0 Å². The highest BCUT2D eigenvalue weighted by Gasteiger charge is 2.27. The van der Waals surface area contributed by atoms with Crippen LogP contribution in [0.2, 0.25) is 0 Å². The van der Waals surface area contributed by atoms with Crippen molar-refractivity contribution in [3.05, 3.63) is 29.6 Å². The molecule has 0 bridgehead atoms. The molecule has 1 aromatic heterocycles. The zero-order chi connectivity index (χ0) is 13.8. The maximum atomic E-state index is 4.62. The van der Waals surface area contributed by atoms with E-state index in [4.69, 9.17) is 0 Å². The molecular weight excluding hydrogens is 246 g/mol. The summed E-state index contributed by atoms with van der Waals surface area (Å²) in [4.78, 5) is 7.20. The summed E-state index contributed by atoms with van der Waals surface area (Å²) in [6, 6.07) is 6.36. The molecule has 0 aliphatic carbocycles. The lowest BCUT2D eigenvalue weighted by atomic mass is 9.80. The van der Waals surface area contributed by atoms with Crippen molar-refractivity contribution >= 4 is 0 Å². The Balaban J connectivity index is 1.48. The lowest BCUT2D eigenvalue weighted by molar-refractivity contribution is 0.127. The highest BCUT2D eigenvalue weighted by atomic mass is 15.1. The summed E-state index contributed by atoms with van der Waals surface area (Å²) in [5.41, 5.74) is 2.36. The first kappa shape index (κ1) is 14.0. The molecule has 0 radical (unpaired) electrons. The molecule has 0 spiro atoms. The normalized spacial score (nSPS) is 25.8. The van der Waals surface area contributed by atoms with E-state index in [0.717, 1.165) is 24.1 Å². The zero-order valence-corrected chi connectivity index (χ0v) is 12.6. The number of aryl methyl sites for hydroxylation is 1. The van der Waals surface area contributed by atoms with E-state index >= 15 is 0 Å². The molecule has 1 atom stereocenters. The minimum absolute atomic E-state index is 0.933. The first-order chi connectivity index (χ1) is 9.81. The van der Waals surface area contributed by atoms with Crippen LogP contribution in [0.15, 0.2) is 18.2 Å². The first-order valence-corrected chi connectivity index (χ1v) is 8.17. The number of piperidine rings is 2. The van der Waals surface area contributed by atoms with Crippen molar-refractivity contribution in [3.8, 4) is 0 Å². The predicted octanol–water partition coefficient (Wildman–Crippen LogP) is 2.60. The number of nitrogens with zero attached hydrogens (tertiary/aromatic N) is 2. The lowest BCUT2D eigenvalue weighted by Crippen LogP contribution is -2.40. The van der Waals surface area contributed by atoms with Crippen LogP contribution in [0.25, 0.3) is 0 Å². The standard InChI is InChI=1S/C17H27N3/c1-14-4-2-6-17(19-14)13-20-10-7-15(8-11-20)16-5-3-9-18-12-16/h2,4,6,15-16,18H,3,5,7-13H2,1H3. The van der Waals surface area contributed by atoms with Gasteiger partial charge in [-0.25, -0.2) is 0 Å². The lowest BCUT2D eigenvalue weighted by Gasteiger charge is -2.37. The van der Waals surface area contributed by atoms with E-state index < -0.39 is 0 Å². The molecule has 3 nitrogen and oxygen atoms in total. The topological polar surface area (TPSA) is 28.2 Å². The third-order valence-electron chi connectivity index (χ3n) is 4.97. The molecule has 2 aliphatic heterocycles. The summed E-state index contributed by atoms with van der Waals surface area (Å²) in [5.74, 6) is 1.88. The maximum absolute atomic E-state index is 4.62. The van der Waals surface area contributed by atoms with E-state index in [1.165, 1.54) is 57.6 Å². The zero-order valence-electron chi connectivity index (χ0n) is 12.6. The fraction of sp³-hybridized carbons (Fsp3) is 0.706. The van der Waals surface area contributed by atoms with Crippen LogP contribution in [-0.4, -0.2) is 36.1 Å². The number of likely N-dealkylation sites (tertiary alicyclic amines) is 1. The highest BCUT2D eigenvalue weighted by molar-refractivity contribution is 5.09. The number of pyridine rings is 1. The maximum Gasteiger partial charge on any atom is 0.0547 e. The summed E-state index contributed by atoms with van der Waals surface area (Å²) in [6.45, 7) is 8.08. The van der Waals surface area contributed by atoms with Gasteiger partial charge in [-0.1, -0.05) is 6.07 Å². The van der Waals surface area contributed by atoms with Crippen molar-refractivity contribution in [2.45, 2.75) is 39.2 Å². The van der Waals surface area contributed by atoms with Crippen molar-refractivity contribution < 1.29 is 0 Å². The van der Waals surface area contributed by atoms with Gasteiger partial charge in [0.25, 0.3) is 0 Å². The van der Waals surface area contributed by atoms with Crippen molar-refractivity contribution in [2.24, 2.45) is 11.8 Å². The number of nitrogens with one attached hydrogen (secondary N) is 1. The monoisotopic (exact) mass is 273 g/mol. The third kappa shape index (κ3) is 3.58. The van der Waals surface area contributed by atoms with Gasteiger partial charge in [-0.05, 0) is 82.8 Å². The van der Waals surface area contributed by atoms with Gasteiger partial charge < -0.3 is 5.32 Å². The molecule has 20 heavy (non-hydrogen) atoms. The van der Waals surface area contributed by atoms with Crippen LogP contribution in [0.1, 0.15) is 37.1 Å². The fourth-order valence-corrected chi connectivity index (χ4v) is 3.78. The fourth-order valence-electron chi connectivity index (χ4n) is 3.78. The van der Waals surface area contributed by atoms with Gasteiger partial charge in [-0.3, -0.25) is 9.88 Å². The molecule has 2 fully saturated rings. The van der Waals surface area contributed by atoms with Crippen molar-refractivity contribution in [3.63, 3.8) is 0 Å². The third-order valence-corrected chi connectivity index (χ3v) is 4.97. The first-order valence-electron chi connectivity index (χ1n) is 8.17. The summed E-state index contributed by atoms with van der Waals surface area (Å²) < 4.78 is 0. The number of hydrogen-bond acceptors (Lipinski definition) is 3. The molecular formula is C17H27N3. The van der Waals surface area contributed by atoms with Crippen LogP contribution in [0, 0.1) is 18.8 Å². The van der Waals surface area contributed by atoms with Crippen molar-refractivity contribution in [1.29, 1.82) is 0 Å². The SMILES string of the molecule is Cc1cccc(CN2CCC(C3CCCNC3)CC2)n1. The summed E-state index contributed by atoms with van der Waals surface area (Å²) in [7, 11) is 0. The van der Waals surface area contributed by atoms with E-state index in [1.54, 1.807) is 0 Å². The van der Waals surface area contributed by atoms with Gasteiger partial charge in [-0.15, -0.1) is 0 Å². The Bertz CT molecular complexity index is 418. The Hall–Kier alpha value is -0.930. The van der Waals surface area contributed by atoms with Crippen LogP contribution in [-0.2, 0) is 6.54 Å². The largest absolute Gasteiger partial charge is 0.316 e. The minimum Gasteiger partial charge on any atom is -0.316 e. The van der Waals surface area contributed by atoms with Gasteiger partial charge in [0, 0.05) is 12.2 Å². The van der Waals surface area contributed by atoms with Crippen molar-refractivity contribution in [1.82, 2.24) is 15.2 Å². The molecule has 2 saturated heterocycles. The smallest absolute Gasteiger partial charge is 0.0547 e. The molecule has 3 rings (SSSR count). The quantitative estimate of drug-likeness (QED) is 0.917. The van der Waals surface area contributed by atoms with Crippen LogP contribution in [0.4, 0.5) is 0 Å². The molecule has 110 valence electrons. The number of hydrogen-bond donors (Lipinski definition) is 1.